The van der Waals surface area contributed by atoms with E-state index in [4.69, 9.17) is 5.73 Å². The van der Waals surface area contributed by atoms with E-state index in [2.05, 4.69) is 0 Å². The van der Waals surface area contributed by atoms with E-state index in [1.54, 1.807) is 32.8 Å². The van der Waals surface area contributed by atoms with Gasteiger partial charge in [0.1, 0.15) is 11.6 Å². The van der Waals surface area contributed by atoms with Crippen LogP contribution in [0, 0.1) is 11.6 Å². The zero-order valence-corrected chi connectivity index (χ0v) is 10.1. The van der Waals surface area contributed by atoms with Gasteiger partial charge in [-0.25, -0.2) is 8.78 Å². The van der Waals surface area contributed by atoms with E-state index in [-0.39, 0.29) is 5.69 Å². The van der Waals surface area contributed by atoms with E-state index in [1.165, 1.54) is 0 Å². The molecule has 1 rings (SSSR count). The molecule has 0 spiro atoms. The number of benzene rings is 1. The molecule has 0 aliphatic carbocycles. The second kappa shape index (κ2) is 4.37. The summed E-state index contributed by atoms with van der Waals surface area (Å²) in [5.74, 6) is -0.839. The van der Waals surface area contributed by atoms with Crippen LogP contribution in [0.4, 0.5) is 14.5 Å². The first-order chi connectivity index (χ1) is 7.22. The van der Waals surface area contributed by atoms with Gasteiger partial charge in [-0.1, -0.05) is 0 Å². The molecule has 16 heavy (non-hydrogen) atoms. The Labute approximate surface area is 95.1 Å². The second-order valence-electron chi connectivity index (χ2n) is 4.92. The molecule has 0 amide bonds. The van der Waals surface area contributed by atoms with Crippen molar-refractivity contribution in [3.05, 3.63) is 29.3 Å². The summed E-state index contributed by atoms with van der Waals surface area (Å²) in [5.41, 5.74) is 5.89. The Balaban J connectivity index is 3.29. The summed E-state index contributed by atoms with van der Waals surface area (Å²) < 4.78 is 27.3. The van der Waals surface area contributed by atoms with Gasteiger partial charge in [0, 0.05) is 25.2 Å². The van der Waals surface area contributed by atoms with E-state index in [0.29, 0.717) is 12.0 Å². The van der Waals surface area contributed by atoms with Crippen LogP contribution in [0.25, 0.3) is 0 Å². The predicted molar refractivity (Wildman–Crippen MR) is 62.7 cm³/mol. The van der Waals surface area contributed by atoms with E-state index < -0.39 is 17.2 Å². The van der Waals surface area contributed by atoms with Gasteiger partial charge in [0.05, 0.1) is 5.69 Å². The number of hydrogen-bond donors (Lipinski definition) is 1. The van der Waals surface area contributed by atoms with Crippen molar-refractivity contribution in [2.45, 2.75) is 25.8 Å². The number of nitrogens with two attached hydrogens (primary N) is 1. The van der Waals surface area contributed by atoms with Crippen LogP contribution in [0.5, 0.6) is 0 Å². The fourth-order valence-electron chi connectivity index (χ4n) is 1.69. The summed E-state index contributed by atoms with van der Waals surface area (Å²) >= 11 is 0. The molecule has 2 nitrogen and oxygen atoms in total. The van der Waals surface area contributed by atoms with Gasteiger partial charge in [0.25, 0.3) is 0 Å². The van der Waals surface area contributed by atoms with Gasteiger partial charge in [-0.3, -0.25) is 0 Å². The number of nitrogens with zero attached hydrogens (tertiary/aromatic N) is 1. The van der Waals surface area contributed by atoms with Crippen LogP contribution in [-0.4, -0.2) is 19.6 Å². The molecular formula is C12H18F2N2. The molecule has 0 atom stereocenters. The Morgan fingerprint density at radius 1 is 1.19 bits per heavy atom. The van der Waals surface area contributed by atoms with Crippen molar-refractivity contribution in [3.63, 3.8) is 0 Å². The molecular weight excluding hydrogens is 210 g/mol. The van der Waals surface area contributed by atoms with E-state index >= 15 is 0 Å². The zero-order valence-electron chi connectivity index (χ0n) is 10.1. The molecule has 1 aromatic carbocycles. The minimum Gasteiger partial charge on any atom is -0.375 e. The molecule has 0 fully saturated rings. The number of halogens is 2. The van der Waals surface area contributed by atoms with E-state index in [1.807, 2.05) is 0 Å². The zero-order chi connectivity index (χ0) is 12.5. The normalized spacial score (nSPS) is 11.7. The summed E-state index contributed by atoms with van der Waals surface area (Å²) in [5, 5.41) is 0. The van der Waals surface area contributed by atoms with E-state index in [9.17, 15) is 8.78 Å². The van der Waals surface area contributed by atoms with Crippen molar-refractivity contribution >= 4 is 5.69 Å². The largest absolute Gasteiger partial charge is 0.375 e. The third kappa shape index (κ3) is 2.92. The Morgan fingerprint density at radius 3 is 2.12 bits per heavy atom. The summed E-state index contributed by atoms with van der Waals surface area (Å²) in [6, 6.07) is 2.28. The molecule has 4 heteroatoms. The molecule has 0 saturated heterocycles. The molecule has 0 saturated carbocycles. The third-order valence-corrected chi connectivity index (χ3v) is 2.26. The van der Waals surface area contributed by atoms with Gasteiger partial charge < -0.3 is 10.6 Å². The molecule has 0 bridgehead atoms. The van der Waals surface area contributed by atoms with Crippen molar-refractivity contribution in [1.82, 2.24) is 0 Å². The Hall–Kier alpha value is -1.16. The number of anilines is 1. The quantitative estimate of drug-likeness (QED) is 0.860. The lowest BCUT2D eigenvalue weighted by Crippen LogP contribution is -2.35. The van der Waals surface area contributed by atoms with Crippen molar-refractivity contribution in [2.24, 2.45) is 5.73 Å². The van der Waals surface area contributed by atoms with Crippen LogP contribution in [-0.2, 0) is 6.42 Å². The van der Waals surface area contributed by atoms with Gasteiger partial charge in [-0.05, 0) is 32.4 Å². The Morgan fingerprint density at radius 2 is 1.69 bits per heavy atom. The molecule has 0 aromatic heterocycles. The monoisotopic (exact) mass is 228 g/mol. The summed E-state index contributed by atoms with van der Waals surface area (Å²) in [6.45, 7) is 3.58. The molecule has 0 aliphatic rings. The van der Waals surface area contributed by atoms with Crippen LogP contribution >= 0.6 is 0 Å². The highest BCUT2D eigenvalue weighted by atomic mass is 19.1. The first-order valence-corrected chi connectivity index (χ1v) is 5.15. The summed E-state index contributed by atoms with van der Waals surface area (Å²) in [6.07, 6.45) is 0.296. The summed E-state index contributed by atoms with van der Waals surface area (Å²) in [4.78, 5) is 1.57. The maximum absolute atomic E-state index is 13.7. The van der Waals surface area contributed by atoms with Gasteiger partial charge in [-0.2, -0.15) is 0 Å². The van der Waals surface area contributed by atoms with Gasteiger partial charge in [0.15, 0.2) is 0 Å². The highest BCUT2D eigenvalue weighted by Gasteiger charge is 2.21. The second-order valence-corrected chi connectivity index (χ2v) is 4.92. The standard InChI is InChI=1S/C12H18F2N2/c1-12(2,15)7-8-9(13)5-6-10(14)11(8)16(3)4/h5-6H,7,15H2,1-4H3. The SMILES string of the molecule is CN(C)c1c(F)ccc(F)c1CC(C)(C)N. The third-order valence-electron chi connectivity index (χ3n) is 2.26. The first kappa shape index (κ1) is 12.9. The van der Waals surface area contributed by atoms with Crippen molar-refractivity contribution in [3.8, 4) is 0 Å². The molecule has 0 radical (unpaired) electrons. The predicted octanol–water partition coefficient (Wildman–Crippen LogP) is 2.31. The van der Waals surface area contributed by atoms with Crippen LogP contribution in [0.1, 0.15) is 19.4 Å². The van der Waals surface area contributed by atoms with Gasteiger partial charge in [0.2, 0.25) is 0 Å². The highest BCUT2D eigenvalue weighted by Crippen LogP contribution is 2.28. The molecule has 0 unspecified atom stereocenters. The van der Waals surface area contributed by atoms with Crippen molar-refractivity contribution in [1.29, 1.82) is 0 Å². The van der Waals surface area contributed by atoms with Gasteiger partial charge in [-0.15, -0.1) is 0 Å². The molecule has 1 aromatic rings. The van der Waals surface area contributed by atoms with Crippen LogP contribution in [0.3, 0.4) is 0 Å². The van der Waals surface area contributed by atoms with Crippen LogP contribution < -0.4 is 10.6 Å². The fraction of sp³-hybridized carbons (Fsp3) is 0.500. The lowest BCUT2D eigenvalue weighted by molar-refractivity contribution is 0.493. The van der Waals surface area contributed by atoms with E-state index in [0.717, 1.165) is 12.1 Å². The van der Waals surface area contributed by atoms with Gasteiger partial charge >= 0.3 is 0 Å². The maximum atomic E-state index is 13.7. The molecule has 0 heterocycles. The van der Waals surface area contributed by atoms with Crippen LogP contribution in [0.2, 0.25) is 0 Å². The average molecular weight is 228 g/mol. The lowest BCUT2D eigenvalue weighted by atomic mass is 9.94. The summed E-state index contributed by atoms with van der Waals surface area (Å²) in [7, 11) is 3.37. The number of rotatable bonds is 3. The Bertz CT molecular complexity index is 381. The topological polar surface area (TPSA) is 29.3 Å². The first-order valence-electron chi connectivity index (χ1n) is 5.15. The smallest absolute Gasteiger partial charge is 0.146 e. The van der Waals surface area contributed by atoms with Crippen molar-refractivity contribution in [2.75, 3.05) is 19.0 Å². The molecule has 2 N–H and O–H groups in total. The molecule has 0 aliphatic heterocycles. The highest BCUT2D eigenvalue weighted by molar-refractivity contribution is 5.55. The lowest BCUT2D eigenvalue weighted by Gasteiger charge is -2.24. The number of hydrogen-bond acceptors (Lipinski definition) is 2. The van der Waals surface area contributed by atoms with Crippen LogP contribution in [0.15, 0.2) is 12.1 Å². The minimum atomic E-state index is -0.570. The Kier molecular flexibility index (Phi) is 3.53. The fourth-order valence-corrected chi connectivity index (χ4v) is 1.69. The average Bonchev–Trinajstić information content (AvgIpc) is 2.08. The minimum absolute atomic E-state index is 0.276. The maximum Gasteiger partial charge on any atom is 0.146 e. The van der Waals surface area contributed by atoms with Crippen molar-refractivity contribution < 1.29 is 8.78 Å². The molecule has 90 valence electrons.